The zero-order chi connectivity index (χ0) is 65.4. The highest BCUT2D eigenvalue weighted by Gasteiger charge is 2.30. The Labute approximate surface area is 537 Å². The molecule has 0 radical (unpaired) electrons. The van der Waals surface area contributed by atoms with Gasteiger partial charge in [-0.3, -0.25) is 37.3 Å². The zero-order valence-electron chi connectivity index (χ0n) is 57.3. The topological polar surface area (TPSA) is 237 Å². The van der Waals surface area contributed by atoms with E-state index in [-0.39, 0.29) is 25.7 Å². The lowest BCUT2D eigenvalue weighted by molar-refractivity contribution is -0.161. The zero-order valence-corrected chi connectivity index (χ0v) is 59.1. The second-order valence-electron chi connectivity index (χ2n) is 26.6. The third-order valence-electron chi connectivity index (χ3n) is 16.2. The molecule has 0 saturated carbocycles. The molecule has 0 saturated heterocycles. The van der Waals surface area contributed by atoms with Crippen LogP contribution in [0, 0.1) is 23.7 Å². The average molecular weight is 1300 g/mol. The summed E-state index contributed by atoms with van der Waals surface area (Å²) in [5.74, 6) is 0.820. The van der Waals surface area contributed by atoms with E-state index >= 15 is 0 Å². The van der Waals surface area contributed by atoms with Crippen molar-refractivity contribution in [1.29, 1.82) is 0 Å². The Morgan fingerprint density at radius 1 is 0.318 bits per heavy atom. The van der Waals surface area contributed by atoms with Crippen LogP contribution in [0.4, 0.5) is 0 Å². The van der Waals surface area contributed by atoms with E-state index in [1.807, 2.05) is 0 Å². The van der Waals surface area contributed by atoms with Crippen LogP contribution in [0.3, 0.4) is 0 Å². The SMILES string of the molecule is CCC(C)CCCCCCCCCCC(=O)O[C@H](COC(=O)CCCCCCCCCCC(C)C)COP(=O)(O)OCC(O)COP(=O)(O)OC[C@@H](COC(=O)CCCCCCCCCCCCCCCC(C)C)OC(=O)CCCCCCCCC(C)C. The summed E-state index contributed by atoms with van der Waals surface area (Å²) in [6, 6.07) is 0. The van der Waals surface area contributed by atoms with Crippen molar-refractivity contribution in [3.8, 4) is 0 Å². The first kappa shape index (κ1) is 86.1. The van der Waals surface area contributed by atoms with Crippen LogP contribution in [0.2, 0.25) is 0 Å². The molecule has 0 aliphatic heterocycles. The summed E-state index contributed by atoms with van der Waals surface area (Å²) >= 11 is 0. The fourth-order valence-electron chi connectivity index (χ4n) is 10.3. The Morgan fingerprint density at radius 3 is 0.807 bits per heavy atom. The van der Waals surface area contributed by atoms with Crippen molar-refractivity contribution in [3.05, 3.63) is 0 Å². The van der Waals surface area contributed by atoms with Gasteiger partial charge in [-0.25, -0.2) is 9.13 Å². The highest BCUT2D eigenvalue weighted by Crippen LogP contribution is 2.45. The van der Waals surface area contributed by atoms with Crippen molar-refractivity contribution in [2.24, 2.45) is 23.7 Å². The molecule has 19 heteroatoms. The number of phosphoric acid groups is 2. The molecule has 88 heavy (non-hydrogen) atoms. The number of carbonyl (C=O) groups is 4. The number of phosphoric ester groups is 2. The predicted molar refractivity (Wildman–Crippen MR) is 354 cm³/mol. The average Bonchev–Trinajstić information content (AvgIpc) is 3.54. The molecule has 0 aliphatic rings. The minimum atomic E-state index is -4.95. The molecular weight excluding hydrogens is 1160 g/mol. The summed E-state index contributed by atoms with van der Waals surface area (Å²) in [5, 5.41) is 10.6. The summed E-state index contributed by atoms with van der Waals surface area (Å²) < 4.78 is 68.2. The van der Waals surface area contributed by atoms with Gasteiger partial charge < -0.3 is 33.8 Å². The van der Waals surface area contributed by atoms with E-state index in [2.05, 4.69) is 55.4 Å². The Balaban J connectivity index is 5.21. The predicted octanol–water partition coefficient (Wildman–Crippen LogP) is 19.3. The number of carbonyl (C=O) groups excluding carboxylic acids is 4. The molecule has 4 unspecified atom stereocenters. The van der Waals surface area contributed by atoms with Crippen LogP contribution in [-0.4, -0.2) is 96.7 Å². The minimum Gasteiger partial charge on any atom is -0.462 e. The van der Waals surface area contributed by atoms with E-state index in [4.69, 9.17) is 37.0 Å². The molecule has 17 nitrogen and oxygen atoms in total. The highest BCUT2D eigenvalue weighted by molar-refractivity contribution is 7.47. The molecule has 0 bridgehead atoms. The van der Waals surface area contributed by atoms with E-state index in [1.54, 1.807) is 0 Å². The molecule has 0 heterocycles. The maximum atomic E-state index is 13.0. The molecule has 0 amide bonds. The van der Waals surface area contributed by atoms with Gasteiger partial charge in [-0.05, 0) is 49.4 Å². The van der Waals surface area contributed by atoms with Gasteiger partial charge in [-0.15, -0.1) is 0 Å². The fraction of sp³-hybridized carbons (Fsp3) is 0.942. The van der Waals surface area contributed by atoms with Crippen LogP contribution < -0.4 is 0 Å². The third-order valence-corrected chi connectivity index (χ3v) is 18.1. The fourth-order valence-corrected chi connectivity index (χ4v) is 11.9. The van der Waals surface area contributed by atoms with Gasteiger partial charge in [-0.1, -0.05) is 287 Å². The Hall–Kier alpha value is -1.94. The number of aliphatic hydroxyl groups is 1. The van der Waals surface area contributed by atoms with Gasteiger partial charge in [0.1, 0.15) is 19.3 Å². The maximum absolute atomic E-state index is 13.0. The number of hydrogen-bond acceptors (Lipinski definition) is 15. The standard InChI is InChI=1S/C69H134O17P2/c1-9-62(8)48-40-32-23-18-20-26-35-43-51-68(73)85-64(55-80-67(72)50-42-34-25-19-17-22-30-38-46-60(4)5)57-83-87(75,76)81-53-63(70)54-82-88(77,78)84-58-65(86-69(74)52-44-36-28-27-31-39-47-61(6)7)56-79-66(71)49-41-33-24-16-14-12-10-11-13-15-21-29-37-45-59(2)3/h59-65,70H,9-58H2,1-8H3,(H,75,76)(H,77,78)/t62?,63?,64-,65-/m1/s1. The van der Waals surface area contributed by atoms with E-state index in [9.17, 15) is 43.2 Å². The molecule has 0 aromatic heterocycles. The molecule has 0 aromatic rings. The van der Waals surface area contributed by atoms with Gasteiger partial charge in [0.15, 0.2) is 12.2 Å². The molecule has 0 fully saturated rings. The van der Waals surface area contributed by atoms with Crippen molar-refractivity contribution < 1.29 is 80.2 Å². The third kappa shape index (κ3) is 61.6. The molecule has 0 aromatic carbocycles. The monoisotopic (exact) mass is 1300 g/mol. The van der Waals surface area contributed by atoms with Gasteiger partial charge in [0.05, 0.1) is 26.4 Å². The summed E-state index contributed by atoms with van der Waals surface area (Å²) in [4.78, 5) is 72.4. The lowest BCUT2D eigenvalue weighted by atomic mass is 9.99. The van der Waals surface area contributed by atoms with Crippen LogP contribution in [0.1, 0.15) is 338 Å². The Kier molecular flexibility index (Phi) is 57.6. The number of ether oxygens (including phenoxy) is 4. The number of unbranched alkanes of at least 4 members (excludes halogenated alkanes) is 31. The molecule has 0 spiro atoms. The van der Waals surface area contributed by atoms with Crippen LogP contribution in [0.15, 0.2) is 0 Å². The minimum absolute atomic E-state index is 0.102. The highest BCUT2D eigenvalue weighted by atomic mass is 31.2. The molecule has 522 valence electrons. The maximum Gasteiger partial charge on any atom is 0.472 e. The lowest BCUT2D eigenvalue weighted by Gasteiger charge is -2.21. The van der Waals surface area contributed by atoms with Crippen molar-refractivity contribution in [3.63, 3.8) is 0 Å². The quantitative estimate of drug-likeness (QED) is 0.0222. The van der Waals surface area contributed by atoms with Gasteiger partial charge in [0, 0.05) is 25.7 Å². The van der Waals surface area contributed by atoms with Gasteiger partial charge in [0.2, 0.25) is 0 Å². The van der Waals surface area contributed by atoms with Gasteiger partial charge >= 0.3 is 39.5 Å². The van der Waals surface area contributed by atoms with Crippen LogP contribution in [-0.2, 0) is 65.4 Å². The molecule has 3 N–H and O–H groups in total. The summed E-state index contributed by atoms with van der Waals surface area (Å²) in [6.45, 7) is 14.0. The summed E-state index contributed by atoms with van der Waals surface area (Å²) in [5.41, 5.74) is 0. The smallest absolute Gasteiger partial charge is 0.462 e. The molecular formula is C69H134O17P2. The lowest BCUT2D eigenvalue weighted by Crippen LogP contribution is -2.30. The Morgan fingerprint density at radius 2 is 0.545 bits per heavy atom. The summed E-state index contributed by atoms with van der Waals surface area (Å²) in [7, 11) is -9.90. The Bertz CT molecular complexity index is 1750. The van der Waals surface area contributed by atoms with Crippen LogP contribution >= 0.6 is 15.6 Å². The number of aliphatic hydroxyl groups excluding tert-OH is 1. The van der Waals surface area contributed by atoms with Crippen molar-refractivity contribution in [2.75, 3.05) is 39.6 Å². The largest absolute Gasteiger partial charge is 0.472 e. The van der Waals surface area contributed by atoms with Crippen molar-refractivity contribution in [1.82, 2.24) is 0 Å². The molecule has 0 rings (SSSR count). The van der Waals surface area contributed by atoms with E-state index in [0.29, 0.717) is 31.6 Å². The summed E-state index contributed by atoms with van der Waals surface area (Å²) in [6.07, 6.45) is 40.5. The van der Waals surface area contributed by atoms with Crippen LogP contribution in [0.25, 0.3) is 0 Å². The first-order valence-electron chi connectivity index (χ1n) is 35.7. The van der Waals surface area contributed by atoms with E-state index in [1.165, 1.54) is 141 Å². The second kappa shape index (κ2) is 58.8. The number of rotatable bonds is 66. The number of hydrogen-bond donors (Lipinski definition) is 3. The van der Waals surface area contributed by atoms with Gasteiger partial charge in [0.25, 0.3) is 0 Å². The first-order chi connectivity index (χ1) is 42.1. The van der Waals surface area contributed by atoms with E-state index in [0.717, 1.165) is 108 Å². The van der Waals surface area contributed by atoms with Gasteiger partial charge in [-0.2, -0.15) is 0 Å². The first-order valence-corrected chi connectivity index (χ1v) is 38.7. The van der Waals surface area contributed by atoms with Crippen molar-refractivity contribution >= 4 is 39.5 Å². The normalized spacial score (nSPS) is 14.6. The van der Waals surface area contributed by atoms with E-state index < -0.39 is 97.5 Å². The number of esters is 4. The molecule has 0 aliphatic carbocycles. The van der Waals surface area contributed by atoms with Crippen LogP contribution in [0.5, 0.6) is 0 Å². The van der Waals surface area contributed by atoms with Crippen molar-refractivity contribution in [2.45, 2.75) is 356 Å². The molecule has 6 atom stereocenters. The second-order valence-corrected chi connectivity index (χ2v) is 29.5.